The van der Waals surface area contributed by atoms with Gasteiger partial charge in [0.15, 0.2) is 0 Å². The van der Waals surface area contributed by atoms with Gasteiger partial charge in [-0.25, -0.2) is 17.2 Å². The van der Waals surface area contributed by atoms with Crippen molar-refractivity contribution in [3.8, 4) is 0 Å². The Bertz CT molecular complexity index is 1560. The molecule has 2 aromatic carbocycles. The molecule has 3 saturated heterocycles. The van der Waals surface area contributed by atoms with Crippen molar-refractivity contribution in [2.45, 2.75) is 88.6 Å². The Morgan fingerprint density at radius 3 is 2.49 bits per heavy atom. The second-order valence-corrected chi connectivity index (χ2v) is 15.1. The summed E-state index contributed by atoms with van der Waals surface area (Å²) < 4.78 is 68.3. The predicted molar refractivity (Wildman–Crippen MR) is 174 cm³/mol. The van der Waals surface area contributed by atoms with Crippen molar-refractivity contribution in [1.29, 1.82) is 0 Å². The summed E-state index contributed by atoms with van der Waals surface area (Å²) in [6.07, 6.45) is 2.29. The molecule has 5 rings (SSSR count). The van der Waals surface area contributed by atoms with Crippen LogP contribution in [0.4, 0.5) is 19.3 Å². The lowest BCUT2D eigenvalue weighted by Crippen LogP contribution is -2.57. The number of nitrogens with one attached hydrogen (secondary N) is 2. The van der Waals surface area contributed by atoms with Crippen molar-refractivity contribution < 1.29 is 40.8 Å². The van der Waals surface area contributed by atoms with Crippen molar-refractivity contribution in [1.82, 2.24) is 9.62 Å². The van der Waals surface area contributed by atoms with Crippen molar-refractivity contribution in [3.05, 3.63) is 65.2 Å². The van der Waals surface area contributed by atoms with Crippen LogP contribution in [-0.4, -0.2) is 92.3 Å². The van der Waals surface area contributed by atoms with Gasteiger partial charge in [0.2, 0.25) is 16.1 Å². The fraction of sp³-hybridized carbons (Fsp3) is 0.559. The van der Waals surface area contributed by atoms with E-state index in [-0.39, 0.29) is 41.6 Å². The largest absolute Gasteiger partial charge is 0.596 e. The standard InChI is InChI=1S/C34H44F2N4O6S/c1-21-16-25(17-22(2)46-21)31(24-8-11-26(35)12-9-24)32(39(3)34(42)45-4)33(41)38-30-18-27(36)13-7-23(30)10-14-29-19-37-28-6-5-15-47(43,44)40(29)20-28/h7-9,11-13,18,21-22,25,28-29,31-32,37H,3,5-6,10,14-17,19-20H2,1-2,4H3/p+1. The first-order chi connectivity index (χ1) is 22.4. The minimum absolute atomic E-state index is 0.114. The summed E-state index contributed by atoms with van der Waals surface area (Å²) in [4.78, 5) is 27.3. The summed E-state index contributed by atoms with van der Waals surface area (Å²) >= 11 is 0. The maximum absolute atomic E-state index is 14.7. The summed E-state index contributed by atoms with van der Waals surface area (Å²) in [6, 6.07) is 8.55. The SMILES string of the molecule is C=[N+](C(=O)OC)C(C(=O)Nc1cc(F)ccc1CCC1CNC2CCCS(=O)(=O)N1C2)C(c1ccc(F)cc1)C1CC(C)OC(C)C1. The number of nitrogens with zero attached hydrogens (tertiary/aromatic N) is 2. The van der Waals surface area contributed by atoms with Crippen LogP contribution in [0.1, 0.15) is 63.0 Å². The first-order valence-corrected chi connectivity index (χ1v) is 17.9. The minimum atomic E-state index is -3.39. The molecule has 47 heavy (non-hydrogen) atoms. The second kappa shape index (κ2) is 14.9. The average molecular weight is 676 g/mol. The van der Waals surface area contributed by atoms with E-state index in [9.17, 15) is 26.8 Å². The number of aryl methyl sites for hydroxylation is 1. The maximum atomic E-state index is 14.7. The zero-order valence-electron chi connectivity index (χ0n) is 27.2. The van der Waals surface area contributed by atoms with Crippen LogP contribution >= 0.6 is 0 Å². The molecule has 3 fully saturated rings. The zero-order chi connectivity index (χ0) is 33.9. The van der Waals surface area contributed by atoms with Crippen molar-refractivity contribution in [2.24, 2.45) is 5.92 Å². The van der Waals surface area contributed by atoms with Gasteiger partial charge in [0.1, 0.15) is 18.4 Å². The number of methoxy groups -OCH3 is 1. The average Bonchev–Trinajstić information content (AvgIpc) is 3.14. The molecule has 3 aliphatic rings. The van der Waals surface area contributed by atoms with Crippen LogP contribution in [0.2, 0.25) is 0 Å². The highest BCUT2D eigenvalue weighted by molar-refractivity contribution is 7.89. The predicted octanol–water partition coefficient (Wildman–Crippen LogP) is 4.44. The summed E-state index contributed by atoms with van der Waals surface area (Å²) in [5, 5.41) is 6.33. The van der Waals surface area contributed by atoms with E-state index in [4.69, 9.17) is 9.47 Å². The molecule has 7 atom stereocenters. The first-order valence-electron chi connectivity index (χ1n) is 16.3. The van der Waals surface area contributed by atoms with E-state index in [1.54, 1.807) is 22.5 Å². The van der Waals surface area contributed by atoms with E-state index >= 15 is 0 Å². The van der Waals surface area contributed by atoms with Crippen molar-refractivity contribution in [2.75, 3.05) is 31.3 Å². The molecule has 7 unspecified atom stereocenters. The van der Waals surface area contributed by atoms with E-state index in [1.165, 1.54) is 31.4 Å². The Hall–Kier alpha value is -3.26. The number of rotatable bonds is 9. The Morgan fingerprint density at radius 1 is 1.13 bits per heavy atom. The molecule has 0 saturated carbocycles. The van der Waals surface area contributed by atoms with Gasteiger partial charge in [0, 0.05) is 30.9 Å². The van der Waals surface area contributed by atoms with E-state index < -0.39 is 45.6 Å². The number of sulfonamides is 1. The molecule has 0 aliphatic carbocycles. The number of halogens is 2. The third-order valence-corrected chi connectivity index (χ3v) is 11.7. The number of carbonyl (C=O) groups excluding carboxylic acids is 2. The Morgan fingerprint density at radius 2 is 1.81 bits per heavy atom. The number of benzene rings is 2. The highest BCUT2D eigenvalue weighted by Crippen LogP contribution is 2.40. The molecule has 0 radical (unpaired) electrons. The summed E-state index contributed by atoms with van der Waals surface area (Å²) in [7, 11) is -2.20. The highest BCUT2D eigenvalue weighted by atomic mass is 32.2. The number of hydrogen-bond acceptors (Lipinski definition) is 7. The van der Waals surface area contributed by atoms with Crippen LogP contribution in [-0.2, 0) is 30.7 Å². The van der Waals surface area contributed by atoms with Crippen molar-refractivity contribution >= 4 is 34.4 Å². The van der Waals surface area contributed by atoms with Crippen LogP contribution in [0.3, 0.4) is 0 Å². The van der Waals surface area contributed by atoms with Crippen LogP contribution in [0.5, 0.6) is 0 Å². The van der Waals surface area contributed by atoms with Gasteiger partial charge in [-0.2, -0.15) is 9.10 Å². The summed E-state index contributed by atoms with van der Waals surface area (Å²) in [6.45, 7) is 8.72. The van der Waals surface area contributed by atoms with E-state index in [0.29, 0.717) is 56.3 Å². The zero-order valence-corrected chi connectivity index (χ0v) is 28.0. The molecule has 3 aliphatic heterocycles. The summed E-state index contributed by atoms with van der Waals surface area (Å²) in [5.74, 6) is -2.30. The van der Waals surface area contributed by atoms with Gasteiger partial charge in [0.05, 0.1) is 31.0 Å². The van der Waals surface area contributed by atoms with Gasteiger partial charge in [-0.05, 0) is 93.7 Å². The number of anilines is 1. The molecule has 0 aromatic heterocycles. The number of piperazine rings is 1. The highest BCUT2D eigenvalue weighted by Gasteiger charge is 2.47. The normalized spacial score (nSPS) is 28.4. The Labute approximate surface area is 275 Å². The molecule has 0 spiro atoms. The third-order valence-electron chi connectivity index (χ3n) is 9.69. The van der Waals surface area contributed by atoms with Gasteiger partial charge < -0.3 is 20.1 Å². The fourth-order valence-electron chi connectivity index (χ4n) is 7.53. The van der Waals surface area contributed by atoms with E-state index in [0.717, 1.165) is 11.0 Å². The Balaban J connectivity index is 1.45. The fourth-order valence-corrected chi connectivity index (χ4v) is 9.34. The number of carbonyl (C=O) groups is 2. The molecule has 2 amide bonds. The van der Waals surface area contributed by atoms with Crippen LogP contribution in [0.25, 0.3) is 0 Å². The number of fused-ring (bicyclic) bond motifs is 2. The monoisotopic (exact) mass is 675 g/mol. The van der Waals surface area contributed by atoms with Gasteiger partial charge in [-0.1, -0.05) is 18.2 Å². The molecule has 2 aromatic rings. The molecule has 2 N–H and O–H groups in total. The van der Waals surface area contributed by atoms with Gasteiger partial charge in [0.25, 0.3) is 5.91 Å². The smallest absolute Gasteiger partial charge is 0.415 e. The number of hydrogen-bond donors (Lipinski definition) is 2. The lowest BCUT2D eigenvalue weighted by Gasteiger charge is -2.38. The van der Waals surface area contributed by atoms with Crippen LogP contribution in [0, 0.1) is 17.6 Å². The van der Waals surface area contributed by atoms with E-state index in [2.05, 4.69) is 17.4 Å². The van der Waals surface area contributed by atoms with E-state index in [1.807, 2.05) is 13.8 Å². The Kier molecular flexibility index (Phi) is 11.1. The second-order valence-electron chi connectivity index (χ2n) is 13.1. The lowest BCUT2D eigenvalue weighted by molar-refractivity contribution is -0.471. The van der Waals surface area contributed by atoms with Gasteiger partial charge in [-0.15, -0.1) is 4.58 Å². The molecule has 2 bridgehead atoms. The number of amides is 2. The first kappa shape index (κ1) is 35.1. The molecule has 3 heterocycles. The van der Waals surface area contributed by atoms with Crippen LogP contribution < -0.4 is 10.6 Å². The number of ether oxygens (including phenoxy) is 2. The summed E-state index contributed by atoms with van der Waals surface area (Å²) in [5.41, 5.74) is 1.47. The lowest BCUT2D eigenvalue weighted by atomic mass is 9.74. The molecular weight excluding hydrogens is 630 g/mol. The minimum Gasteiger partial charge on any atom is -0.415 e. The van der Waals surface area contributed by atoms with Crippen molar-refractivity contribution in [3.63, 3.8) is 0 Å². The molecular formula is C34H45F2N4O6S+. The molecule has 10 nitrogen and oxygen atoms in total. The quantitative estimate of drug-likeness (QED) is 0.298. The van der Waals surface area contributed by atoms with Gasteiger partial charge >= 0.3 is 6.09 Å². The van der Waals surface area contributed by atoms with Crippen LogP contribution in [0.15, 0.2) is 42.5 Å². The van der Waals surface area contributed by atoms with Gasteiger partial charge in [-0.3, -0.25) is 4.79 Å². The third kappa shape index (κ3) is 8.25. The molecule has 256 valence electrons. The molecule has 13 heteroatoms. The topological polar surface area (TPSA) is 117 Å². The maximum Gasteiger partial charge on any atom is 0.596 e.